The Morgan fingerprint density at radius 3 is 2.35 bits per heavy atom. The van der Waals surface area contributed by atoms with Gasteiger partial charge in [0.1, 0.15) is 5.57 Å². The highest BCUT2D eigenvalue weighted by atomic mass is 16.4. The first-order valence-corrected chi connectivity index (χ1v) is 6.14. The van der Waals surface area contributed by atoms with Crippen molar-refractivity contribution in [3.8, 4) is 0 Å². The summed E-state index contributed by atoms with van der Waals surface area (Å²) in [6.45, 7) is 0. The standard InChI is InChI=1S/C16H15NO3/c1-17(2)10-14(16(19)20)15(18)13-9-5-7-11-6-3-4-8-12(11)13/h3-10H,1-2H3,(H,19,20)/b14-10-. The lowest BCUT2D eigenvalue weighted by molar-refractivity contribution is -0.132. The number of Topliss-reactive ketones (excluding diaryl/α,β-unsaturated/α-hetero) is 1. The third kappa shape index (κ3) is 2.69. The molecule has 0 amide bonds. The second kappa shape index (κ2) is 5.57. The molecule has 2 aromatic rings. The molecule has 4 nitrogen and oxygen atoms in total. The maximum Gasteiger partial charge on any atom is 0.341 e. The van der Waals surface area contributed by atoms with Crippen LogP contribution in [-0.4, -0.2) is 35.9 Å². The van der Waals surface area contributed by atoms with E-state index in [0.717, 1.165) is 10.8 Å². The van der Waals surface area contributed by atoms with E-state index in [1.54, 1.807) is 31.1 Å². The molecule has 0 saturated heterocycles. The Bertz CT molecular complexity index is 696. The predicted octanol–water partition coefficient (Wildman–Crippen LogP) is 2.55. The van der Waals surface area contributed by atoms with Crippen LogP contribution < -0.4 is 0 Å². The van der Waals surface area contributed by atoms with Crippen LogP contribution >= 0.6 is 0 Å². The van der Waals surface area contributed by atoms with E-state index in [-0.39, 0.29) is 5.57 Å². The van der Waals surface area contributed by atoms with Gasteiger partial charge in [-0.1, -0.05) is 42.5 Å². The van der Waals surface area contributed by atoms with Crippen molar-refractivity contribution in [2.45, 2.75) is 0 Å². The van der Waals surface area contributed by atoms with Gasteiger partial charge in [-0.3, -0.25) is 4.79 Å². The Balaban J connectivity index is 2.58. The van der Waals surface area contributed by atoms with Crippen molar-refractivity contribution in [1.29, 1.82) is 0 Å². The molecule has 0 saturated carbocycles. The number of carboxylic acids is 1. The van der Waals surface area contributed by atoms with E-state index >= 15 is 0 Å². The Hall–Kier alpha value is -2.62. The van der Waals surface area contributed by atoms with Crippen molar-refractivity contribution in [2.75, 3.05) is 14.1 Å². The number of rotatable bonds is 4. The molecule has 2 aromatic carbocycles. The predicted molar refractivity (Wildman–Crippen MR) is 77.7 cm³/mol. The lowest BCUT2D eigenvalue weighted by Crippen LogP contribution is -2.17. The average Bonchev–Trinajstić information content (AvgIpc) is 2.43. The van der Waals surface area contributed by atoms with E-state index in [2.05, 4.69) is 0 Å². The third-order valence-electron chi connectivity index (χ3n) is 2.90. The summed E-state index contributed by atoms with van der Waals surface area (Å²) >= 11 is 0. The first-order chi connectivity index (χ1) is 9.50. The highest BCUT2D eigenvalue weighted by Gasteiger charge is 2.21. The second-order valence-corrected chi connectivity index (χ2v) is 4.67. The summed E-state index contributed by atoms with van der Waals surface area (Å²) < 4.78 is 0. The monoisotopic (exact) mass is 269 g/mol. The van der Waals surface area contributed by atoms with Crippen LogP contribution in [0, 0.1) is 0 Å². The SMILES string of the molecule is CN(C)/C=C(\C(=O)O)C(=O)c1cccc2ccccc12. The van der Waals surface area contributed by atoms with Crippen LogP contribution in [0.2, 0.25) is 0 Å². The van der Waals surface area contributed by atoms with E-state index in [0.29, 0.717) is 5.56 Å². The topological polar surface area (TPSA) is 57.6 Å². The zero-order valence-corrected chi connectivity index (χ0v) is 11.3. The summed E-state index contributed by atoms with van der Waals surface area (Å²) in [6, 6.07) is 12.7. The van der Waals surface area contributed by atoms with Crippen molar-refractivity contribution >= 4 is 22.5 Å². The quantitative estimate of drug-likeness (QED) is 0.401. The fourth-order valence-corrected chi connectivity index (χ4v) is 2.04. The molecule has 0 aliphatic heterocycles. The van der Waals surface area contributed by atoms with Crippen LogP contribution in [0.25, 0.3) is 10.8 Å². The van der Waals surface area contributed by atoms with E-state index in [9.17, 15) is 14.7 Å². The van der Waals surface area contributed by atoms with Crippen LogP contribution in [0.3, 0.4) is 0 Å². The summed E-state index contributed by atoms with van der Waals surface area (Å²) in [5.41, 5.74) is 0.157. The molecule has 2 rings (SSSR count). The van der Waals surface area contributed by atoms with Gasteiger partial charge in [0.25, 0.3) is 0 Å². The minimum Gasteiger partial charge on any atom is -0.477 e. The lowest BCUT2D eigenvalue weighted by atomic mass is 9.97. The fourth-order valence-electron chi connectivity index (χ4n) is 2.04. The minimum absolute atomic E-state index is 0.244. The second-order valence-electron chi connectivity index (χ2n) is 4.67. The van der Waals surface area contributed by atoms with Gasteiger partial charge in [-0.2, -0.15) is 0 Å². The summed E-state index contributed by atoms with van der Waals surface area (Å²) in [5, 5.41) is 10.9. The number of hydrogen-bond acceptors (Lipinski definition) is 3. The van der Waals surface area contributed by atoms with Crippen LogP contribution in [0.15, 0.2) is 54.2 Å². The zero-order chi connectivity index (χ0) is 14.7. The maximum absolute atomic E-state index is 12.5. The molecule has 0 aliphatic carbocycles. The molecule has 0 aliphatic rings. The molecule has 1 N–H and O–H groups in total. The number of carboxylic acid groups (broad SMARTS) is 1. The molecule has 0 aromatic heterocycles. The van der Waals surface area contributed by atoms with Crippen LogP contribution in [0.1, 0.15) is 10.4 Å². The van der Waals surface area contributed by atoms with Gasteiger partial charge in [0, 0.05) is 25.9 Å². The number of aliphatic carboxylic acids is 1. The lowest BCUT2D eigenvalue weighted by Gasteiger charge is -2.09. The number of carbonyl (C=O) groups is 2. The Labute approximate surface area is 116 Å². The van der Waals surface area contributed by atoms with Gasteiger partial charge in [0.2, 0.25) is 5.78 Å². The van der Waals surface area contributed by atoms with Crippen molar-refractivity contribution in [3.63, 3.8) is 0 Å². The highest BCUT2D eigenvalue weighted by molar-refractivity contribution is 6.27. The molecule has 20 heavy (non-hydrogen) atoms. The van der Waals surface area contributed by atoms with Gasteiger partial charge in [0.05, 0.1) is 0 Å². The first kappa shape index (κ1) is 13.8. The molecule has 0 radical (unpaired) electrons. The Morgan fingerprint density at radius 1 is 1.05 bits per heavy atom. The summed E-state index contributed by atoms with van der Waals surface area (Å²) in [7, 11) is 3.36. The Morgan fingerprint density at radius 2 is 1.70 bits per heavy atom. The highest BCUT2D eigenvalue weighted by Crippen LogP contribution is 2.21. The molecule has 4 heteroatoms. The van der Waals surface area contributed by atoms with Crippen LogP contribution in [0.5, 0.6) is 0 Å². The van der Waals surface area contributed by atoms with E-state index < -0.39 is 11.8 Å². The van der Waals surface area contributed by atoms with Gasteiger partial charge >= 0.3 is 5.97 Å². The van der Waals surface area contributed by atoms with Gasteiger partial charge in [-0.15, -0.1) is 0 Å². The molecule has 0 spiro atoms. The van der Waals surface area contributed by atoms with E-state index in [1.165, 1.54) is 6.20 Å². The van der Waals surface area contributed by atoms with Crippen molar-refractivity contribution in [3.05, 3.63) is 59.8 Å². The molecule has 0 unspecified atom stereocenters. The average molecular weight is 269 g/mol. The molecule has 0 bridgehead atoms. The van der Waals surface area contributed by atoms with Crippen LogP contribution in [-0.2, 0) is 4.79 Å². The summed E-state index contributed by atoms with van der Waals surface area (Å²) in [6.07, 6.45) is 1.33. The summed E-state index contributed by atoms with van der Waals surface area (Å²) in [5.74, 6) is -1.71. The van der Waals surface area contributed by atoms with Crippen molar-refractivity contribution < 1.29 is 14.7 Å². The van der Waals surface area contributed by atoms with Gasteiger partial charge in [-0.05, 0) is 10.8 Å². The van der Waals surface area contributed by atoms with Crippen molar-refractivity contribution in [1.82, 2.24) is 4.90 Å². The zero-order valence-electron chi connectivity index (χ0n) is 11.3. The summed E-state index contributed by atoms with van der Waals surface area (Å²) in [4.78, 5) is 25.3. The molecule has 0 fully saturated rings. The van der Waals surface area contributed by atoms with Gasteiger partial charge < -0.3 is 10.0 Å². The number of hydrogen-bond donors (Lipinski definition) is 1. The number of ketones is 1. The molecular weight excluding hydrogens is 254 g/mol. The number of carbonyl (C=O) groups excluding carboxylic acids is 1. The molecular formula is C16H15NO3. The first-order valence-electron chi connectivity index (χ1n) is 6.14. The van der Waals surface area contributed by atoms with E-state index in [1.807, 2.05) is 30.3 Å². The fraction of sp³-hybridized carbons (Fsp3) is 0.125. The van der Waals surface area contributed by atoms with Gasteiger partial charge in [-0.25, -0.2) is 4.79 Å². The van der Waals surface area contributed by atoms with E-state index in [4.69, 9.17) is 0 Å². The Kier molecular flexibility index (Phi) is 3.84. The maximum atomic E-state index is 12.5. The number of nitrogens with zero attached hydrogens (tertiary/aromatic N) is 1. The minimum atomic E-state index is -1.23. The van der Waals surface area contributed by atoms with Gasteiger partial charge in [0.15, 0.2) is 0 Å². The molecule has 0 atom stereocenters. The molecule has 102 valence electrons. The smallest absolute Gasteiger partial charge is 0.341 e. The normalized spacial score (nSPS) is 11.4. The molecule has 0 heterocycles. The van der Waals surface area contributed by atoms with Crippen LogP contribution in [0.4, 0.5) is 0 Å². The number of benzene rings is 2. The van der Waals surface area contributed by atoms with Crippen molar-refractivity contribution in [2.24, 2.45) is 0 Å². The number of fused-ring (bicyclic) bond motifs is 1. The third-order valence-corrected chi connectivity index (χ3v) is 2.90. The largest absolute Gasteiger partial charge is 0.477 e.